The first-order valence-corrected chi connectivity index (χ1v) is 10.7. The Labute approximate surface area is 180 Å². The van der Waals surface area contributed by atoms with Crippen LogP contribution in [0.3, 0.4) is 0 Å². The lowest BCUT2D eigenvalue weighted by molar-refractivity contribution is -0.155. The molecule has 164 valence electrons. The molecule has 2 aromatic rings. The molecule has 0 N–H and O–H groups in total. The Morgan fingerprint density at radius 1 is 1.03 bits per heavy atom. The largest absolute Gasteiger partial charge is 0.459 e. The van der Waals surface area contributed by atoms with E-state index in [-0.39, 0.29) is 12.5 Å². The van der Waals surface area contributed by atoms with Crippen molar-refractivity contribution in [2.24, 2.45) is 25.9 Å². The predicted molar refractivity (Wildman–Crippen MR) is 115 cm³/mol. The van der Waals surface area contributed by atoms with E-state index in [1.807, 2.05) is 24.3 Å². The van der Waals surface area contributed by atoms with Gasteiger partial charge >= 0.3 is 11.7 Å². The summed E-state index contributed by atoms with van der Waals surface area (Å²) in [5, 5.41) is 0. The van der Waals surface area contributed by atoms with E-state index >= 15 is 0 Å². The average Bonchev–Trinajstić information content (AvgIpc) is 3.22. The second kappa shape index (κ2) is 8.53. The Kier molecular flexibility index (Phi) is 5.80. The number of ether oxygens (including phenoxy) is 1. The number of hydrogen-bond donors (Lipinski definition) is 0. The van der Waals surface area contributed by atoms with Crippen molar-refractivity contribution < 1.29 is 14.3 Å². The van der Waals surface area contributed by atoms with Gasteiger partial charge in [0.25, 0.3) is 5.56 Å². The summed E-state index contributed by atoms with van der Waals surface area (Å²) < 4.78 is 7.78. The molecule has 1 aliphatic heterocycles. The van der Waals surface area contributed by atoms with Gasteiger partial charge in [0.1, 0.15) is 6.61 Å². The number of esters is 1. The second-order valence-corrected chi connectivity index (χ2v) is 8.35. The monoisotopic (exact) mass is 425 g/mol. The molecule has 4 rings (SSSR count). The van der Waals surface area contributed by atoms with Crippen LogP contribution in [0.4, 0.5) is 5.69 Å². The molecule has 2 atom stereocenters. The number of aromatic nitrogens is 2. The number of hydrogen-bond acceptors (Lipinski definition) is 5. The molecular weight excluding hydrogens is 398 g/mol. The van der Waals surface area contributed by atoms with Crippen molar-refractivity contribution in [3.63, 3.8) is 0 Å². The van der Waals surface area contributed by atoms with Gasteiger partial charge in [0, 0.05) is 32.4 Å². The van der Waals surface area contributed by atoms with Crippen LogP contribution in [0, 0.1) is 11.8 Å². The number of para-hydroxylation sites is 1. The Bertz CT molecular complexity index is 1130. The van der Waals surface area contributed by atoms with Crippen LogP contribution in [0.2, 0.25) is 0 Å². The van der Waals surface area contributed by atoms with E-state index in [9.17, 15) is 19.2 Å². The highest BCUT2D eigenvalue weighted by atomic mass is 16.5. The smallest absolute Gasteiger partial charge is 0.330 e. The summed E-state index contributed by atoms with van der Waals surface area (Å²) in [6, 6.07) is 9.17. The molecular formula is C23H27N3O5. The van der Waals surface area contributed by atoms with Crippen molar-refractivity contribution in [3.05, 3.63) is 62.4 Å². The lowest BCUT2D eigenvalue weighted by atomic mass is 9.78. The Morgan fingerprint density at radius 3 is 2.52 bits per heavy atom. The number of carbonyl (C=O) groups is 2. The summed E-state index contributed by atoms with van der Waals surface area (Å²) in [5.41, 5.74) is 1.48. The van der Waals surface area contributed by atoms with Crippen LogP contribution in [-0.4, -0.2) is 27.6 Å². The maximum atomic E-state index is 13.4. The fraction of sp³-hybridized carbons (Fsp3) is 0.478. The molecule has 0 radical (unpaired) electrons. The van der Waals surface area contributed by atoms with Crippen molar-refractivity contribution in [3.8, 4) is 0 Å². The zero-order valence-corrected chi connectivity index (χ0v) is 17.9. The van der Waals surface area contributed by atoms with Gasteiger partial charge in [-0.1, -0.05) is 31.0 Å². The van der Waals surface area contributed by atoms with E-state index in [0.29, 0.717) is 25.1 Å². The molecule has 31 heavy (non-hydrogen) atoms. The van der Waals surface area contributed by atoms with Crippen LogP contribution in [0.15, 0.2) is 39.9 Å². The van der Waals surface area contributed by atoms with E-state index in [1.165, 1.54) is 24.7 Å². The van der Waals surface area contributed by atoms with Crippen molar-refractivity contribution in [1.29, 1.82) is 0 Å². The van der Waals surface area contributed by atoms with Crippen molar-refractivity contribution >= 4 is 17.6 Å². The molecule has 0 bridgehead atoms. The number of rotatable bonds is 4. The van der Waals surface area contributed by atoms with Crippen LogP contribution in [-0.2, 0) is 41.4 Å². The molecule has 8 nitrogen and oxygen atoms in total. The highest BCUT2D eigenvalue weighted by molar-refractivity contribution is 5.99. The van der Waals surface area contributed by atoms with Gasteiger partial charge in [-0.3, -0.25) is 23.5 Å². The van der Waals surface area contributed by atoms with Gasteiger partial charge in [0.05, 0.1) is 17.5 Å². The molecule has 2 heterocycles. The number of carbonyl (C=O) groups excluding carboxylic acids is 2. The van der Waals surface area contributed by atoms with Crippen molar-refractivity contribution in [2.75, 3.05) is 11.4 Å². The summed E-state index contributed by atoms with van der Waals surface area (Å²) in [6.45, 7) is 0.455. The molecule has 1 saturated carbocycles. The Hall–Kier alpha value is -3.16. The van der Waals surface area contributed by atoms with Gasteiger partial charge in [-0.15, -0.1) is 0 Å². The maximum absolute atomic E-state index is 13.4. The van der Waals surface area contributed by atoms with E-state index in [1.54, 1.807) is 4.90 Å². The van der Waals surface area contributed by atoms with Gasteiger partial charge < -0.3 is 9.64 Å². The third-order valence-electron chi connectivity index (χ3n) is 6.53. The minimum atomic E-state index is -0.516. The molecule has 8 heteroatoms. The summed E-state index contributed by atoms with van der Waals surface area (Å²) in [4.78, 5) is 52.1. The third kappa shape index (κ3) is 3.94. The first kappa shape index (κ1) is 21.1. The Morgan fingerprint density at radius 2 is 1.74 bits per heavy atom. The lowest BCUT2D eigenvalue weighted by Crippen LogP contribution is -2.42. The third-order valence-corrected chi connectivity index (χ3v) is 6.53. The summed E-state index contributed by atoms with van der Waals surface area (Å²) in [6.07, 6.45) is 3.84. The van der Waals surface area contributed by atoms with Crippen LogP contribution >= 0.6 is 0 Å². The first-order valence-electron chi connectivity index (χ1n) is 10.7. The molecule has 2 unspecified atom stereocenters. The number of anilines is 1. The number of nitrogens with zero attached hydrogens (tertiary/aromatic N) is 3. The quantitative estimate of drug-likeness (QED) is 0.693. The highest BCUT2D eigenvalue weighted by Crippen LogP contribution is 2.36. The molecule has 1 amide bonds. The molecule has 0 saturated heterocycles. The van der Waals surface area contributed by atoms with Crippen molar-refractivity contribution in [1.82, 2.24) is 9.13 Å². The van der Waals surface area contributed by atoms with Gasteiger partial charge in [-0.2, -0.15) is 0 Å². The first-order chi connectivity index (χ1) is 14.9. The fourth-order valence-electron chi connectivity index (χ4n) is 4.64. The fourth-order valence-corrected chi connectivity index (χ4v) is 4.64. The van der Waals surface area contributed by atoms with E-state index in [0.717, 1.165) is 35.1 Å². The second-order valence-electron chi connectivity index (χ2n) is 8.35. The maximum Gasteiger partial charge on any atom is 0.330 e. The zero-order valence-electron chi connectivity index (χ0n) is 17.9. The molecule has 2 aliphatic rings. The number of amides is 1. The summed E-state index contributed by atoms with van der Waals surface area (Å²) >= 11 is 0. The molecule has 1 aliphatic carbocycles. The van der Waals surface area contributed by atoms with E-state index in [4.69, 9.17) is 4.74 Å². The summed E-state index contributed by atoms with van der Waals surface area (Å²) in [7, 11) is 2.93. The molecule has 0 spiro atoms. The topological polar surface area (TPSA) is 90.6 Å². The van der Waals surface area contributed by atoms with Crippen LogP contribution in [0.25, 0.3) is 0 Å². The highest BCUT2D eigenvalue weighted by Gasteiger charge is 2.40. The van der Waals surface area contributed by atoms with Gasteiger partial charge in [0.15, 0.2) is 0 Å². The molecule has 1 aromatic carbocycles. The molecule has 1 fully saturated rings. The standard InChI is InChI=1S/C23H27N3O5/c1-24-16(13-20(27)25(2)23(24)30)14-31-22(29)18-9-5-4-8-17(18)21(28)26-12-11-15-7-3-6-10-19(15)26/h3,6-7,10,13,17-18H,4-5,8-9,11-12,14H2,1-2H3. The summed E-state index contributed by atoms with van der Waals surface area (Å²) in [5.74, 6) is -1.40. The van der Waals surface area contributed by atoms with Crippen LogP contribution < -0.4 is 16.1 Å². The lowest BCUT2D eigenvalue weighted by Gasteiger charge is -2.32. The van der Waals surface area contributed by atoms with Crippen LogP contribution in [0.1, 0.15) is 36.9 Å². The minimum absolute atomic E-state index is 0.0208. The minimum Gasteiger partial charge on any atom is -0.459 e. The van der Waals surface area contributed by atoms with E-state index in [2.05, 4.69) is 0 Å². The zero-order chi connectivity index (χ0) is 22.1. The normalized spacial score (nSPS) is 20.4. The van der Waals surface area contributed by atoms with Crippen molar-refractivity contribution in [2.45, 2.75) is 38.7 Å². The Balaban J connectivity index is 1.49. The molecule has 1 aromatic heterocycles. The van der Waals surface area contributed by atoms with Gasteiger partial charge in [-0.25, -0.2) is 4.79 Å². The predicted octanol–water partition coefficient (Wildman–Crippen LogP) is 1.52. The van der Waals surface area contributed by atoms with Gasteiger partial charge in [-0.05, 0) is 30.9 Å². The SMILES string of the molecule is Cn1c(COC(=O)C2CCCCC2C(=O)N2CCc3ccccc32)cc(=O)n(C)c1=O. The number of benzene rings is 1. The van der Waals surface area contributed by atoms with Crippen LogP contribution in [0.5, 0.6) is 0 Å². The average molecular weight is 425 g/mol. The number of fused-ring (bicyclic) bond motifs is 1. The van der Waals surface area contributed by atoms with Gasteiger partial charge in [0.2, 0.25) is 5.91 Å². The van der Waals surface area contributed by atoms with E-state index < -0.39 is 29.1 Å².